The summed E-state index contributed by atoms with van der Waals surface area (Å²) in [4.78, 5) is 6.72. The van der Waals surface area contributed by atoms with Crippen LogP contribution in [0.2, 0.25) is 0 Å². The molecular weight excluding hydrogens is 339 g/mol. The zero-order valence-corrected chi connectivity index (χ0v) is 15.0. The van der Waals surface area contributed by atoms with Crippen LogP contribution in [-0.4, -0.2) is 41.3 Å². The van der Waals surface area contributed by atoms with Crippen molar-refractivity contribution in [2.45, 2.75) is 19.1 Å². The monoisotopic (exact) mass is 360 g/mol. The molecule has 3 aromatic rings. The van der Waals surface area contributed by atoms with Gasteiger partial charge in [0.1, 0.15) is 29.3 Å². The summed E-state index contributed by atoms with van der Waals surface area (Å²) in [6.07, 6.45) is -0.646. The van der Waals surface area contributed by atoms with Crippen molar-refractivity contribution in [2.75, 3.05) is 20.2 Å². The lowest BCUT2D eigenvalue weighted by atomic mass is 10.2. The van der Waals surface area contributed by atoms with Crippen molar-refractivity contribution >= 4 is 21.6 Å². The number of halogens is 1. The van der Waals surface area contributed by atoms with Crippen molar-refractivity contribution in [1.82, 2.24) is 9.88 Å². The van der Waals surface area contributed by atoms with Gasteiger partial charge in [-0.1, -0.05) is 12.1 Å². The van der Waals surface area contributed by atoms with Crippen LogP contribution in [0.25, 0.3) is 10.2 Å². The molecule has 3 rings (SSSR count). The van der Waals surface area contributed by atoms with Crippen molar-refractivity contribution < 1.29 is 14.2 Å². The van der Waals surface area contributed by atoms with Crippen LogP contribution in [0.1, 0.15) is 18.0 Å². The van der Waals surface area contributed by atoms with E-state index in [0.717, 1.165) is 15.2 Å². The van der Waals surface area contributed by atoms with Crippen LogP contribution in [0.4, 0.5) is 4.39 Å². The van der Waals surface area contributed by atoms with Gasteiger partial charge in [0.2, 0.25) is 0 Å². The van der Waals surface area contributed by atoms with Crippen molar-refractivity contribution in [3.05, 3.63) is 59.4 Å². The Hall–Kier alpha value is -2.02. The lowest BCUT2D eigenvalue weighted by molar-refractivity contribution is 0.0653. The Labute approximate surface area is 150 Å². The number of aliphatic hydroxyl groups excluding tert-OH is 1. The Kier molecular flexibility index (Phi) is 5.63. The zero-order chi connectivity index (χ0) is 17.8. The molecule has 0 bridgehead atoms. The summed E-state index contributed by atoms with van der Waals surface area (Å²) in [6.45, 7) is 2.69. The number of nitrogens with zero attached hydrogens (tertiary/aromatic N) is 2. The van der Waals surface area contributed by atoms with Gasteiger partial charge in [0.05, 0.1) is 16.3 Å². The number of thiazole rings is 1. The van der Waals surface area contributed by atoms with Crippen LogP contribution >= 0.6 is 11.3 Å². The minimum absolute atomic E-state index is 0.0953. The zero-order valence-electron chi connectivity index (χ0n) is 14.2. The first-order chi connectivity index (χ1) is 12.0. The van der Waals surface area contributed by atoms with Crippen molar-refractivity contribution in [3.63, 3.8) is 0 Å². The number of ether oxygens (including phenoxy) is 1. The smallest absolute Gasteiger partial charge is 0.123 e. The number of fused-ring (bicyclic) bond motifs is 1. The van der Waals surface area contributed by atoms with E-state index in [-0.39, 0.29) is 18.5 Å². The first kappa shape index (κ1) is 17.8. The fourth-order valence-electron chi connectivity index (χ4n) is 2.52. The number of hydrogen-bond donors (Lipinski definition) is 1. The Morgan fingerprint density at radius 2 is 1.92 bits per heavy atom. The molecule has 1 heterocycles. The minimum Gasteiger partial charge on any atom is -0.491 e. The Bertz CT molecular complexity index is 789. The van der Waals surface area contributed by atoms with E-state index in [0.29, 0.717) is 12.3 Å². The van der Waals surface area contributed by atoms with E-state index in [1.165, 1.54) is 12.1 Å². The molecule has 0 saturated heterocycles. The quantitative estimate of drug-likeness (QED) is 0.695. The van der Waals surface area contributed by atoms with Gasteiger partial charge in [-0.2, -0.15) is 0 Å². The van der Waals surface area contributed by atoms with E-state index in [1.54, 1.807) is 23.5 Å². The van der Waals surface area contributed by atoms with Gasteiger partial charge in [0.15, 0.2) is 0 Å². The first-order valence-corrected chi connectivity index (χ1v) is 8.96. The van der Waals surface area contributed by atoms with Gasteiger partial charge in [0, 0.05) is 6.54 Å². The Morgan fingerprint density at radius 3 is 2.64 bits per heavy atom. The second kappa shape index (κ2) is 7.91. The highest BCUT2D eigenvalue weighted by atomic mass is 32.1. The number of likely N-dealkylation sites (N-methyl/N-ethyl adjacent to an activating group) is 1. The third-order valence-electron chi connectivity index (χ3n) is 4.08. The lowest BCUT2D eigenvalue weighted by Crippen LogP contribution is -2.34. The molecule has 0 amide bonds. The molecule has 1 N–H and O–H groups in total. The number of aromatic nitrogens is 1. The SMILES string of the molecule is C[C@@H](c1nc2ccccc2s1)N(C)C[C@@H](O)COc1ccc(F)cc1. The van der Waals surface area contributed by atoms with E-state index < -0.39 is 6.10 Å². The molecule has 1 aromatic heterocycles. The summed E-state index contributed by atoms with van der Waals surface area (Å²) in [5.41, 5.74) is 1.00. The van der Waals surface area contributed by atoms with Crippen LogP contribution in [0.15, 0.2) is 48.5 Å². The number of para-hydroxylation sites is 1. The average molecular weight is 360 g/mol. The predicted molar refractivity (Wildman–Crippen MR) is 98.6 cm³/mol. The molecule has 132 valence electrons. The van der Waals surface area contributed by atoms with Crippen molar-refractivity contribution in [3.8, 4) is 5.75 Å². The van der Waals surface area contributed by atoms with E-state index in [4.69, 9.17) is 4.74 Å². The molecule has 0 spiro atoms. The van der Waals surface area contributed by atoms with Crippen LogP contribution in [0, 0.1) is 5.82 Å². The molecular formula is C19H21FN2O2S. The molecule has 0 aliphatic carbocycles. The Balaban J connectivity index is 1.54. The molecule has 0 saturated carbocycles. The molecule has 0 aliphatic heterocycles. The summed E-state index contributed by atoms with van der Waals surface area (Å²) in [7, 11) is 1.96. The third kappa shape index (κ3) is 4.54. The Morgan fingerprint density at radius 1 is 1.20 bits per heavy atom. The van der Waals surface area contributed by atoms with E-state index >= 15 is 0 Å². The molecule has 2 aromatic carbocycles. The van der Waals surface area contributed by atoms with Gasteiger partial charge in [-0.15, -0.1) is 11.3 Å². The maximum Gasteiger partial charge on any atom is 0.123 e. The van der Waals surface area contributed by atoms with Gasteiger partial charge in [-0.25, -0.2) is 9.37 Å². The number of aliphatic hydroxyl groups is 1. The molecule has 0 unspecified atom stereocenters. The topological polar surface area (TPSA) is 45.6 Å². The van der Waals surface area contributed by atoms with E-state index in [1.807, 2.05) is 25.2 Å². The first-order valence-electron chi connectivity index (χ1n) is 8.15. The molecule has 0 fully saturated rings. The maximum atomic E-state index is 12.9. The molecule has 0 radical (unpaired) electrons. The fourth-order valence-corrected chi connectivity index (χ4v) is 3.61. The second-order valence-corrected chi connectivity index (χ2v) is 7.12. The van der Waals surface area contributed by atoms with Crippen molar-refractivity contribution in [2.24, 2.45) is 0 Å². The summed E-state index contributed by atoms with van der Waals surface area (Å²) in [6, 6.07) is 13.9. The van der Waals surface area contributed by atoms with Crippen LogP contribution in [0.5, 0.6) is 5.75 Å². The highest BCUT2D eigenvalue weighted by Gasteiger charge is 2.19. The normalized spacial score (nSPS) is 14.0. The van der Waals surface area contributed by atoms with E-state index in [9.17, 15) is 9.50 Å². The average Bonchev–Trinajstić information content (AvgIpc) is 3.04. The number of hydrogen-bond acceptors (Lipinski definition) is 5. The molecule has 6 heteroatoms. The van der Waals surface area contributed by atoms with Gasteiger partial charge in [-0.05, 0) is 50.4 Å². The highest BCUT2D eigenvalue weighted by molar-refractivity contribution is 7.18. The summed E-state index contributed by atoms with van der Waals surface area (Å²) in [5.74, 6) is 0.236. The molecule has 2 atom stereocenters. The third-order valence-corrected chi connectivity index (χ3v) is 5.29. The van der Waals surface area contributed by atoms with Gasteiger partial charge in [-0.3, -0.25) is 4.90 Å². The second-order valence-electron chi connectivity index (χ2n) is 6.05. The fraction of sp³-hybridized carbons (Fsp3) is 0.316. The van der Waals surface area contributed by atoms with Crippen molar-refractivity contribution in [1.29, 1.82) is 0 Å². The van der Waals surface area contributed by atoms with Gasteiger partial charge in [0.25, 0.3) is 0 Å². The maximum absolute atomic E-state index is 12.9. The van der Waals surface area contributed by atoms with E-state index in [2.05, 4.69) is 22.9 Å². The van der Waals surface area contributed by atoms with Crippen LogP contribution in [-0.2, 0) is 0 Å². The largest absolute Gasteiger partial charge is 0.491 e. The van der Waals surface area contributed by atoms with Gasteiger partial charge >= 0.3 is 0 Å². The molecule has 0 aliphatic rings. The molecule has 25 heavy (non-hydrogen) atoms. The van der Waals surface area contributed by atoms with Crippen LogP contribution in [0.3, 0.4) is 0 Å². The minimum atomic E-state index is -0.646. The summed E-state index contributed by atoms with van der Waals surface area (Å²) in [5, 5.41) is 11.2. The number of rotatable bonds is 7. The predicted octanol–water partition coefficient (Wildman–Crippen LogP) is 3.87. The van der Waals surface area contributed by atoms with Gasteiger partial charge < -0.3 is 9.84 Å². The summed E-state index contributed by atoms with van der Waals surface area (Å²) < 4.78 is 19.5. The molecule has 4 nitrogen and oxygen atoms in total. The number of benzene rings is 2. The summed E-state index contributed by atoms with van der Waals surface area (Å²) >= 11 is 1.67. The lowest BCUT2D eigenvalue weighted by Gasteiger charge is -2.25. The highest BCUT2D eigenvalue weighted by Crippen LogP contribution is 2.28. The van der Waals surface area contributed by atoms with Crippen LogP contribution < -0.4 is 4.74 Å². The standard InChI is InChI=1S/C19H21FN2O2S/c1-13(19-21-17-5-3-4-6-18(17)25-19)22(2)11-15(23)12-24-16-9-7-14(20)8-10-16/h3-10,13,15,23H,11-12H2,1-2H3/t13-,15+/m0/s1.